The minimum Gasteiger partial charge on any atom is -0.464 e. The zero-order chi connectivity index (χ0) is 35.8. The molecular weight excluding hydrogens is 612 g/mol. The van der Waals surface area contributed by atoms with E-state index in [0.717, 1.165) is 31.2 Å². The van der Waals surface area contributed by atoms with Crippen LogP contribution in [0.15, 0.2) is 30.3 Å². The Morgan fingerprint density at radius 3 is 2.29 bits per heavy atom. The van der Waals surface area contributed by atoms with Crippen LogP contribution in [-0.2, 0) is 39.8 Å². The highest BCUT2D eigenvalue weighted by Crippen LogP contribution is 2.29. The predicted octanol–water partition coefficient (Wildman–Crippen LogP) is 3.96. The summed E-state index contributed by atoms with van der Waals surface area (Å²) in [5.41, 5.74) is 6.72. The number of amides is 3. The minimum absolute atomic E-state index is 0.0796. The van der Waals surface area contributed by atoms with Crippen LogP contribution in [0.25, 0.3) is 0 Å². The van der Waals surface area contributed by atoms with E-state index in [9.17, 15) is 19.2 Å². The lowest BCUT2D eigenvalue weighted by atomic mass is 9.89. The lowest BCUT2D eigenvalue weighted by molar-refractivity contribution is -0.150. The second-order valence-electron chi connectivity index (χ2n) is 13.6. The van der Waals surface area contributed by atoms with E-state index in [2.05, 4.69) is 26.1 Å². The largest absolute Gasteiger partial charge is 0.464 e. The van der Waals surface area contributed by atoms with Crippen LogP contribution in [0.5, 0.6) is 0 Å². The second-order valence-corrected chi connectivity index (χ2v) is 13.6. The number of nitrogens with zero attached hydrogens (tertiary/aromatic N) is 2. The van der Waals surface area contributed by atoms with Crippen molar-refractivity contribution in [2.24, 2.45) is 23.5 Å². The Kier molecular flexibility index (Phi) is 18.1. The van der Waals surface area contributed by atoms with Gasteiger partial charge in [0.25, 0.3) is 0 Å². The summed E-state index contributed by atoms with van der Waals surface area (Å²) in [7, 11) is 3.14. The van der Waals surface area contributed by atoms with Crippen molar-refractivity contribution in [1.29, 1.82) is 0 Å². The molecule has 1 saturated heterocycles. The molecule has 1 aromatic rings. The van der Waals surface area contributed by atoms with Crippen molar-refractivity contribution >= 4 is 23.7 Å². The summed E-state index contributed by atoms with van der Waals surface area (Å²) in [6, 6.07) is 7.97. The van der Waals surface area contributed by atoms with Crippen molar-refractivity contribution in [3.63, 3.8) is 0 Å². The Labute approximate surface area is 288 Å². The Morgan fingerprint density at radius 1 is 1.04 bits per heavy atom. The van der Waals surface area contributed by atoms with Crippen molar-refractivity contribution in [2.45, 2.75) is 117 Å². The van der Waals surface area contributed by atoms with Gasteiger partial charge in [0.1, 0.15) is 6.04 Å². The molecule has 1 fully saturated rings. The van der Waals surface area contributed by atoms with Gasteiger partial charge in [-0.3, -0.25) is 14.4 Å². The molecule has 0 aliphatic carbocycles. The lowest BCUT2D eigenvalue weighted by Crippen LogP contribution is -2.55. The number of esters is 1. The second kappa shape index (κ2) is 21.1. The number of likely N-dealkylation sites (tertiary alicyclic amines) is 1. The predicted molar refractivity (Wildman–Crippen MR) is 187 cm³/mol. The molecule has 0 radical (unpaired) electrons. The summed E-state index contributed by atoms with van der Waals surface area (Å²) in [5, 5.41) is 2.93. The average molecular weight is 675 g/mol. The van der Waals surface area contributed by atoms with E-state index in [-0.39, 0.29) is 61.2 Å². The van der Waals surface area contributed by atoms with E-state index in [0.29, 0.717) is 25.9 Å². The van der Waals surface area contributed by atoms with Gasteiger partial charge in [0.2, 0.25) is 17.7 Å². The van der Waals surface area contributed by atoms with Gasteiger partial charge in [-0.2, -0.15) is 0 Å². The van der Waals surface area contributed by atoms with Crippen LogP contribution >= 0.6 is 0 Å². The van der Waals surface area contributed by atoms with Gasteiger partial charge in [-0.15, -0.1) is 0 Å². The zero-order valence-electron chi connectivity index (χ0n) is 30.6. The SMILES string of the molecule is CCCCN(C(=O)CN)[C@@H]([C@@H](C)CC)[C@@H](CC(=O)N1CCC[C@H]1[C@H](OC)[C@@H](C)C(=O)N[C@@H](Cc1ccccc1)C(=O)OCC(C)C)OC. The third kappa shape index (κ3) is 11.8. The number of benzene rings is 1. The van der Waals surface area contributed by atoms with Crippen LogP contribution in [0.4, 0.5) is 0 Å². The van der Waals surface area contributed by atoms with Gasteiger partial charge in [0, 0.05) is 33.7 Å². The summed E-state index contributed by atoms with van der Waals surface area (Å²) in [4.78, 5) is 57.5. The Hall–Kier alpha value is -3.02. The molecule has 1 aliphatic heterocycles. The van der Waals surface area contributed by atoms with E-state index in [4.69, 9.17) is 19.9 Å². The fourth-order valence-electron chi connectivity index (χ4n) is 6.62. The first kappa shape index (κ1) is 41.2. The summed E-state index contributed by atoms with van der Waals surface area (Å²) in [6.07, 6.45) is 3.24. The van der Waals surface area contributed by atoms with Crippen LogP contribution < -0.4 is 11.1 Å². The van der Waals surface area contributed by atoms with E-state index < -0.39 is 30.1 Å². The quantitative estimate of drug-likeness (QED) is 0.187. The van der Waals surface area contributed by atoms with Crippen molar-refractivity contribution < 1.29 is 33.4 Å². The summed E-state index contributed by atoms with van der Waals surface area (Å²) < 4.78 is 17.4. The molecule has 3 N–H and O–H groups in total. The number of carbonyl (C=O) groups excluding carboxylic acids is 4. The number of carbonyl (C=O) groups is 4. The monoisotopic (exact) mass is 674 g/mol. The maximum atomic E-state index is 14.0. The van der Waals surface area contributed by atoms with E-state index in [1.165, 1.54) is 0 Å². The molecule has 3 amide bonds. The van der Waals surface area contributed by atoms with E-state index in [1.54, 1.807) is 26.0 Å². The van der Waals surface area contributed by atoms with Crippen LogP contribution in [0.3, 0.4) is 0 Å². The number of ether oxygens (including phenoxy) is 3. The molecule has 272 valence electrons. The van der Waals surface area contributed by atoms with Crippen molar-refractivity contribution in [1.82, 2.24) is 15.1 Å². The summed E-state index contributed by atoms with van der Waals surface area (Å²) in [6.45, 7) is 13.1. The number of nitrogens with one attached hydrogen (secondary N) is 1. The van der Waals surface area contributed by atoms with Crippen LogP contribution in [0.1, 0.15) is 85.6 Å². The third-order valence-corrected chi connectivity index (χ3v) is 9.51. The van der Waals surface area contributed by atoms with Crippen LogP contribution in [-0.4, -0.2) is 104 Å². The molecule has 1 aromatic carbocycles. The van der Waals surface area contributed by atoms with Gasteiger partial charge in [0.05, 0.1) is 49.8 Å². The number of methoxy groups -OCH3 is 2. The van der Waals surface area contributed by atoms with Gasteiger partial charge >= 0.3 is 5.97 Å². The molecule has 0 spiro atoms. The first-order valence-corrected chi connectivity index (χ1v) is 17.8. The molecule has 0 unspecified atom stereocenters. The maximum Gasteiger partial charge on any atom is 0.328 e. The van der Waals surface area contributed by atoms with E-state index >= 15 is 0 Å². The highest BCUT2D eigenvalue weighted by Gasteiger charge is 2.42. The number of hydrogen-bond acceptors (Lipinski definition) is 8. The number of unbranched alkanes of at least 4 members (excludes halogenated alkanes) is 1. The molecule has 1 heterocycles. The molecule has 2 rings (SSSR count). The van der Waals surface area contributed by atoms with Crippen LogP contribution in [0, 0.1) is 17.8 Å². The molecule has 48 heavy (non-hydrogen) atoms. The van der Waals surface area contributed by atoms with E-state index in [1.807, 2.05) is 49.1 Å². The molecule has 0 aromatic heterocycles. The van der Waals surface area contributed by atoms with Gasteiger partial charge in [-0.25, -0.2) is 4.79 Å². The molecule has 11 heteroatoms. The number of hydrogen-bond donors (Lipinski definition) is 2. The fourth-order valence-corrected chi connectivity index (χ4v) is 6.62. The van der Waals surface area contributed by atoms with Crippen molar-refractivity contribution in [3.8, 4) is 0 Å². The Balaban J connectivity index is 2.25. The summed E-state index contributed by atoms with van der Waals surface area (Å²) in [5.74, 6) is -1.52. The standard InChI is InChI=1S/C37H62N4O7/c1-9-11-19-41(33(43)23-38)34(26(5)10-2)31(46-7)22-32(42)40-20-15-18-30(40)35(47-8)27(6)36(44)39-29(37(45)48-24-25(3)4)21-28-16-13-12-14-17-28/h12-14,16-17,25-27,29-31,34-35H,9-11,15,18-24,38H2,1-8H3,(H,39,44)/t26-,27+,29-,30-,31+,34-,35+/m0/s1. The third-order valence-electron chi connectivity index (χ3n) is 9.51. The van der Waals surface area contributed by atoms with Gasteiger partial charge in [0.15, 0.2) is 0 Å². The normalized spacial score (nSPS) is 18.5. The number of nitrogens with two attached hydrogens (primary N) is 1. The highest BCUT2D eigenvalue weighted by molar-refractivity contribution is 5.86. The first-order valence-electron chi connectivity index (χ1n) is 17.8. The molecule has 1 aliphatic rings. The minimum atomic E-state index is -0.869. The lowest BCUT2D eigenvalue weighted by Gasteiger charge is -2.41. The molecule has 0 bridgehead atoms. The first-order chi connectivity index (χ1) is 22.9. The van der Waals surface area contributed by atoms with Crippen LogP contribution in [0.2, 0.25) is 0 Å². The zero-order valence-corrected chi connectivity index (χ0v) is 30.6. The topological polar surface area (TPSA) is 140 Å². The Morgan fingerprint density at radius 2 is 1.73 bits per heavy atom. The van der Waals surface area contributed by atoms with Gasteiger partial charge in [-0.05, 0) is 36.7 Å². The Bertz CT molecular complexity index is 1130. The molecule has 11 nitrogen and oxygen atoms in total. The molecule has 7 atom stereocenters. The summed E-state index contributed by atoms with van der Waals surface area (Å²) >= 11 is 0. The van der Waals surface area contributed by atoms with Gasteiger partial charge < -0.3 is 35.1 Å². The van der Waals surface area contributed by atoms with Crippen molar-refractivity contribution in [3.05, 3.63) is 35.9 Å². The van der Waals surface area contributed by atoms with Gasteiger partial charge in [-0.1, -0.05) is 84.7 Å². The molecular formula is C37H62N4O7. The number of rotatable bonds is 21. The van der Waals surface area contributed by atoms with Crippen molar-refractivity contribution in [2.75, 3.05) is 40.5 Å². The average Bonchev–Trinajstić information content (AvgIpc) is 3.57. The maximum absolute atomic E-state index is 14.0. The smallest absolute Gasteiger partial charge is 0.328 e. The fraction of sp³-hybridized carbons (Fsp3) is 0.730. The highest BCUT2D eigenvalue weighted by atomic mass is 16.5. The molecule has 0 saturated carbocycles.